The first-order valence-corrected chi connectivity index (χ1v) is 10.6. The number of ether oxygens (including phenoxy) is 3. The highest BCUT2D eigenvalue weighted by molar-refractivity contribution is 6.74. The predicted octanol–water partition coefficient (Wildman–Crippen LogP) is 3.09. The molecule has 0 aromatic heterocycles. The Labute approximate surface area is 129 Å². The number of methoxy groups -OCH3 is 1. The van der Waals surface area contributed by atoms with Crippen molar-refractivity contribution in [1.82, 2.24) is 0 Å². The molecule has 0 saturated carbocycles. The third-order valence-electron chi connectivity index (χ3n) is 4.32. The highest BCUT2D eigenvalue weighted by Gasteiger charge is 2.39. The minimum absolute atomic E-state index is 0.0923. The van der Waals surface area contributed by atoms with Crippen LogP contribution in [0.25, 0.3) is 0 Å². The molecule has 0 aromatic rings. The summed E-state index contributed by atoms with van der Waals surface area (Å²) >= 11 is 0. The third-order valence-corrected chi connectivity index (χ3v) is 8.82. The Hall–Kier alpha value is -0.433. The van der Waals surface area contributed by atoms with Crippen LogP contribution in [0.2, 0.25) is 18.1 Å². The van der Waals surface area contributed by atoms with Crippen LogP contribution in [-0.4, -0.2) is 47.0 Å². The van der Waals surface area contributed by atoms with E-state index in [1.165, 1.54) is 7.11 Å². The number of esters is 1. The van der Waals surface area contributed by atoms with Gasteiger partial charge in [0.15, 0.2) is 20.7 Å². The van der Waals surface area contributed by atoms with Crippen molar-refractivity contribution in [1.29, 1.82) is 0 Å². The monoisotopic (exact) mass is 318 g/mol. The zero-order valence-electron chi connectivity index (χ0n) is 14.2. The summed E-state index contributed by atoms with van der Waals surface area (Å²) in [6.45, 7) is 11.7. The Kier molecular flexibility index (Phi) is 6.84. The van der Waals surface area contributed by atoms with Crippen LogP contribution in [0.3, 0.4) is 0 Å². The molecule has 0 amide bonds. The summed E-state index contributed by atoms with van der Waals surface area (Å²) in [5, 5.41) is 0.0923. The number of rotatable bonds is 6. The van der Waals surface area contributed by atoms with E-state index in [-0.39, 0.29) is 17.9 Å². The smallest absolute Gasteiger partial charge is 0.337 e. The molecule has 21 heavy (non-hydrogen) atoms. The molecule has 0 radical (unpaired) electrons. The summed E-state index contributed by atoms with van der Waals surface area (Å²) in [6.07, 6.45) is 1.87. The van der Waals surface area contributed by atoms with Crippen molar-refractivity contribution in [2.24, 2.45) is 0 Å². The van der Waals surface area contributed by atoms with E-state index in [4.69, 9.17) is 18.6 Å². The first-order chi connectivity index (χ1) is 9.67. The van der Waals surface area contributed by atoms with E-state index in [0.717, 1.165) is 19.3 Å². The second-order valence-electron chi connectivity index (χ2n) is 7.02. The second-order valence-corrected chi connectivity index (χ2v) is 11.8. The molecular weight excluding hydrogens is 288 g/mol. The summed E-state index contributed by atoms with van der Waals surface area (Å²) in [4.78, 5) is 11.9. The maximum atomic E-state index is 11.9. The predicted molar refractivity (Wildman–Crippen MR) is 83.6 cm³/mol. The van der Waals surface area contributed by atoms with Crippen LogP contribution in [0.15, 0.2) is 0 Å². The van der Waals surface area contributed by atoms with Crippen molar-refractivity contribution in [3.05, 3.63) is 0 Å². The fraction of sp³-hybridized carbons (Fsp3) is 0.933. The molecular formula is C15H30O5Si. The van der Waals surface area contributed by atoms with Crippen LogP contribution in [0.1, 0.15) is 40.0 Å². The molecule has 1 heterocycles. The summed E-state index contributed by atoms with van der Waals surface area (Å²) in [5.74, 6) is -0.400. The minimum Gasteiger partial charge on any atom is -0.467 e. The van der Waals surface area contributed by atoms with Gasteiger partial charge in [-0.1, -0.05) is 20.8 Å². The van der Waals surface area contributed by atoms with Crippen molar-refractivity contribution in [3.8, 4) is 0 Å². The summed E-state index contributed by atoms with van der Waals surface area (Å²) < 4.78 is 22.2. The van der Waals surface area contributed by atoms with E-state index in [1.807, 2.05) is 0 Å². The lowest BCUT2D eigenvalue weighted by Gasteiger charge is -2.37. The summed E-state index contributed by atoms with van der Waals surface area (Å²) in [5.41, 5.74) is 0. The molecule has 0 aromatic carbocycles. The van der Waals surface area contributed by atoms with E-state index in [1.54, 1.807) is 0 Å². The number of hydrogen-bond donors (Lipinski definition) is 0. The molecule has 1 fully saturated rings. The highest BCUT2D eigenvalue weighted by Crippen LogP contribution is 2.36. The molecule has 1 saturated heterocycles. The fourth-order valence-electron chi connectivity index (χ4n) is 1.80. The molecule has 0 unspecified atom stereocenters. The van der Waals surface area contributed by atoms with E-state index in [2.05, 4.69) is 33.9 Å². The van der Waals surface area contributed by atoms with Gasteiger partial charge in [-0.3, -0.25) is 0 Å². The Balaban J connectivity index is 2.59. The van der Waals surface area contributed by atoms with Gasteiger partial charge in [-0.2, -0.15) is 0 Å². The topological polar surface area (TPSA) is 54.0 Å². The van der Waals surface area contributed by atoms with E-state index >= 15 is 0 Å². The average Bonchev–Trinajstić information content (AvgIpc) is 2.42. The number of carbonyl (C=O) groups excluding carboxylic acids is 1. The SMILES string of the molecule is COC(=O)[C@H](CO[Si](C)(C)C(C)(C)C)O[C@H]1CCCCO1. The van der Waals surface area contributed by atoms with Gasteiger partial charge >= 0.3 is 5.97 Å². The lowest BCUT2D eigenvalue weighted by atomic mass is 10.2. The Morgan fingerprint density at radius 3 is 2.48 bits per heavy atom. The molecule has 0 N–H and O–H groups in total. The number of hydrogen-bond acceptors (Lipinski definition) is 5. The van der Waals surface area contributed by atoms with Gasteiger partial charge in [0, 0.05) is 6.61 Å². The van der Waals surface area contributed by atoms with Crippen molar-refractivity contribution in [2.75, 3.05) is 20.3 Å². The minimum atomic E-state index is -1.92. The molecule has 6 heteroatoms. The van der Waals surface area contributed by atoms with Gasteiger partial charge in [-0.15, -0.1) is 0 Å². The van der Waals surface area contributed by atoms with Crippen LogP contribution in [-0.2, 0) is 23.4 Å². The molecule has 0 bridgehead atoms. The van der Waals surface area contributed by atoms with Gasteiger partial charge in [0.1, 0.15) is 0 Å². The highest BCUT2D eigenvalue weighted by atomic mass is 28.4. The quantitative estimate of drug-likeness (QED) is 0.556. The van der Waals surface area contributed by atoms with Gasteiger partial charge in [-0.05, 0) is 37.4 Å². The van der Waals surface area contributed by atoms with E-state index in [9.17, 15) is 4.79 Å². The second kappa shape index (κ2) is 7.72. The van der Waals surface area contributed by atoms with Crippen molar-refractivity contribution < 1.29 is 23.4 Å². The van der Waals surface area contributed by atoms with Crippen molar-refractivity contribution >= 4 is 14.3 Å². The van der Waals surface area contributed by atoms with Crippen LogP contribution >= 0.6 is 0 Å². The zero-order chi connectivity index (χ0) is 16.1. The maximum absolute atomic E-state index is 11.9. The average molecular weight is 318 g/mol. The Bertz CT molecular complexity index is 331. The van der Waals surface area contributed by atoms with Gasteiger partial charge in [0.2, 0.25) is 0 Å². The largest absolute Gasteiger partial charge is 0.467 e. The first kappa shape index (κ1) is 18.6. The number of carbonyl (C=O) groups is 1. The molecule has 1 aliphatic rings. The standard InChI is InChI=1S/C15H30O5Si/c1-15(2,3)21(5,6)19-11-12(14(16)17-4)20-13-9-7-8-10-18-13/h12-13H,7-11H2,1-6H3/t12-,13-/m0/s1. The van der Waals surface area contributed by atoms with Crippen LogP contribution in [0.4, 0.5) is 0 Å². The lowest BCUT2D eigenvalue weighted by molar-refractivity contribution is -0.206. The molecule has 0 aliphatic carbocycles. The third kappa shape index (κ3) is 5.69. The van der Waals surface area contributed by atoms with Crippen LogP contribution < -0.4 is 0 Å². The van der Waals surface area contributed by atoms with Gasteiger partial charge in [0.25, 0.3) is 0 Å². The molecule has 124 valence electrons. The molecule has 0 spiro atoms. The fourth-order valence-corrected chi connectivity index (χ4v) is 2.80. The summed E-state index contributed by atoms with van der Waals surface area (Å²) in [6, 6.07) is 0. The summed E-state index contributed by atoms with van der Waals surface area (Å²) in [7, 11) is -0.553. The lowest BCUT2D eigenvalue weighted by Crippen LogP contribution is -2.45. The molecule has 5 nitrogen and oxygen atoms in total. The van der Waals surface area contributed by atoms with Crippen molar-refractivity contribution in [3.63, 3.8) is 0 Å². The van der Waals surface area contributed by atoms with E-state index < -0.39 is 20.4 Å². The van der Waals surface area contributed by atoms with Gasteiger partial charge < -0.3 is 18.6 Å². The van der Waals surface area contributed by atoms with Crippen LogP contribution in [0.5, 0.6) is 0 Å². The first-order valence-electron chi connectivity index (χ1n) is 7.66. The van der Waals surface area contributed by atoms with Crippen LogP contribution in [0, 0.1) is 0 Å². The van der Waals surface area contributed by atoms with Crippen molar-refractivity contribution in [2.45, 2.75) is 70.6 Å². The zero-order valence-corrected chi connectivity index (χ0v) is 15.2. The van der Waals surface area contributed by atoms with Gasteiger partial charge in [0.05, 0.1) is 13.7 Å². The van der Waals surface area contributed by atoms with E-state index in [0.29, 0.717) is 6.61 Å². The Morgan fingerprint density at radius 1 is 1.33 bits per heavy atom. The maximum Gasteiger partial charge on any atom is 0.337 e. The normalized spacial score (nSPS) is 21.9. The molecule has 2 atom stereocenters. The van der Waals surface area contributed by atoms with Gasteiger partial charge in [-0.25, -0.2) is 4.79 Å². The molecule has 1 aliphatic heterocycles. The Morgan fingerprint density at radius 2 is 2.00 bits per heavy atom. The molecule has 1 rings (SSSR count).